The van der Waals surface area contributed by atoms with E-state index in [9.17, 15) is 14.0 Å². The number of halogens is 2. The third-order valence-electron chi connectivity index (χ3n) is 4.69. The summed E-state index contributed by atoms with van der Waals surface area (Å²) in [5, 5.41) is 4.88. The van der Waals surface area contributed by atoms with Gasteiger partial charge in [-0.2, -0.15) is 0 Å². The van der Waals surface area contributed by atoms with Crippen molar-refractivity contribution in [2.45, 2.75) is 6.54 Å². The topological polar surface area (TPSA) is 51.1 Å². The molecular formula is C23H16ClFN2O2. The van der Waals surface area contributed by atoms with E-state index in [1.165, 1.54) is 29.0 Å². The number of fused-ring (bicyclic) bond motifs is 1. The number of carbonyl (C=O) groups is 1. The first-order valence-electron chi connectivity index (χ1n) is 8.96. The molecule has 0 aliphatic heterocycles. The standard InChI is InChI=1S/C23H16ClFN2O2/c24-19-10-4-11-20(25)18(19)14-27-13-5-9-17(23(27)29)22(28)26-21-12-3-7-15-6-1-2-8-16(15)21/h1-13H,14H2,(H,26,28). The van der Waals surface area contributed by atoms with E-state index in [0.717, 1.165) is 10.8 Å². The van der Waals surface area contributed by atoms with Crippen molar-refractivity contribution in [3.63, 3.8) is 0 Å². The van der Waals surface area contributed by atoms with Gasteiger partial charge < -0.3 is 9.88 Å². The molecule has 3 aromatic carbocycles. The van der Waals surface area contributed by atoms with Crippen molar-refractivity contribution in [3.05, 3.63) is 111 Å². The molecule has 1 aromatic heterocycles. The van der Waals surface area contributed by atoms with Crippen LogP contribution in [0.25, 0.3) is 10.8 Å². The highest BCUT2D eigenvalue weighted by Gasteiger charge is 2.15. The Labute approximate surface area is 171 Å². The molecule has 0 saturated heterocycles. The van der Waals surface area contributed by atoms with Crippen LogP contribution in [-0.2, 0) is 6.54 Å². The first-order chi connectivity index (χ1) is 14.0. The highest BCUT2D eigenvalue weighted by Crippen LogP contribution is 2.23. The van der Waals surface area contributed by atoms with Crippen molar-refractivity contribution in [2.24, 2.45) is 0 Å². The number of nitrogens with one attached hydrogen (secondary N) is 1. The first kappa shape index (κ1) is 18.9. The average Bonchev–Trinajstić information content (AvgIpc) is 2.72. The fraction of sp³-hybridized carbons (Fsp3) is 0.0435. The molecule has 0 radical (unpaired) electrons. The Hall–Kier alpha value is -3.44. The van der Waals surface area contributed by atoms with Gasteiger partial charge in [0.25, 0.3) is 11.5 Å². The lowest BCUT2D eigenvalue weighted by molar-refractivity contribution is 0.102. The van der Waals surface area contributed by atoms with Crippen molar-refractivity contribution in [1.82, 2.24) is 4.57 Å². The van der Waals surface area contributed by atoms with Gasteiger partial charge in [0.2, 0.25) is 0 Å². The Morgan fingerprint density at radius 1 is 0.966 bits per heavy atom. The maximum absolute atomic E-state index is 14.1. The average molecular weight is 407 g/mol. The van der Waals surface area contributed by atoms with Gasteiger partial charge in [-0.25, -0.2) is 4.39 Å². The van der Waals surface area contributed by atoms with E-state index in [4.69, 9.17) is 11.6 Å². The quantitative estimate of drug-likeness (QED) is 0.513. The Morgan fingerprint density at radius 3 is 2.55 bits per heavy atom. The third-order valence-corrected chi connectivity index (χ3v) is 5.05. The summed E-state index contributed by atoms with van der Waals surface area (Å²) in [5.41, 5.74) is 0.250. The number of benzene rings is 3. The van der Waals surface area contributed by atoms with Crippen LogP contribution in [0.3, 0.4) is 0 Å². The van der Waals surface area contributed by atoms with Gasteiger partial charge >= 0.3 is 0 Å². The largest absolute Gasteiger partial charge is 0.321 e. The second-order valence-electron chi connectivity index (χ2n) is 6.54. The summed E-state index contributed by atoms with van der Waals surface area (Å²) in [7, 11) is 0. The number of anilines is 1. The molecule has 29 heavy (non-hydrogen) atoms. The fourth-order valence-electron chi connectivity index (χ4n) is 3.21. The maximum Gasteiger partial charge on any atom is 0.263 e. The summed E-state index contributed by atoms with van der Waals surface area (Å²) < 4.78 is 15.3. The van der Waals surface area contributed by atoms with Gasteiger partial charge in [-0.3, -0.25) is 9.59 Å². The van der Waals surface area contributed by atoms with E-state index < -0.39 is 17.3 Å². The van der Waals surface area contributed by atoms with Crippen LogP contribution < -0.4 is 10.9 Å². The van der Waals surface area contributed by atoms with Gasteiger partial charge in [0.1, 0.15) is 11.4 Å². The molecule has 0 spiro atoms. The van der Waals surface area contributed by atoms with Crippen LogP contribution in [0.2, 0.25) is 5.02 Å². The second kappa shape index (κ2) is 7.89. The van der Waals surface area contributed by atoms with Gasteiger partial charge in [0.05, 0.1) is 6.54 Å². The molecular weight excluding hydrogens is 391 g/mol. The summed E-state index contributed by atoms with van der Waals surface area (Å²) in [6.45, 7) is -0.0697. The summed E-state index contributed by atoms with van der Waals surface area (Å²) in [6.07, 6.45) is 1.50. The minimum Gasteiger partial charge on any atom is -0.321 e. The van der Waals surface area contributed by atoms with Gasteiger partial charge in [-0.15, -0.1) is 0 Å². The van der Waals surface area contributed by atoms with E-state index >= 15 is 0 Å². The monoisotopic (exact) mass is 406 g/mol. The number of aromatic nitrogens is 1. The zero-order chi connectivity index (χ0) is 20.4. The van der Waals surface area contributed by atoms with Gasteiger partial charge in [0, 0.05) is 27.9 Å². The molecule has 0 bridgehead atoms. The lowest BCUT2D eigenvalue weighted by Crippen LogP contribution is -2.29. The molecule has 1 heterocycles. The third kappa shape index (κ3) is 3.77. The zero-order valence-electron chi connectivity index (χ0n) is 15.2. The molecule has 4 nitrogen and oxygen atoms in total. The minimum atomic E-state index is -0.527. The lowest BCUT2D eigenvalue weighted by Gasteiger charge is -2.11. The fourth-order valence-corrected chi connectivity index (χ4v) is 3.43. The van der Waals surface area contributed by atoms with E-state index in [1.54, 1.807) is 18.2 Å². The normalized spacial score (nSPS) is 10.8. The number of hydrogen-bond donors (Lipinski definition) is 1. The lowest BCUT2D eigenvalue weighted by atomic mass is 10.1. The molecule has 0 fully saturated rings. The molecule has 0 saturated carbocycles. The second-order valence-corrected chi connectivity index (χ2v) is 6.94. The van der Waals surface area contributed by atoms with E-state index in [2.05, 4.69) is 5.32 Å². The predicted octanol–water partition coefficient (Wildman–Crippen LogP) is 5.09. The van der Waals surface area contributed by atoms with Gasteiger partial charge in [-0.05, 0) is 35.7 Å². The SMILES string of the molecule is O=C(Nc1cccc2ccccc12)c1cccn(Cc2c(F)cccc2Cl)c1=O. The molecule has 0 atom stereocenters. The smallest absolute Gasteiger partial charge is 0.263 e. The number of pyridine rings is 1. The minimum absolute atomic E-state index is 0.0344. The summed E-state index contributed by atoms with van der Waals surface area (Å²) >= 11 is 6.06. The van der Waals surface area contributed by atoms with Gasteiger partial charge in [-0.1, -0.05) is 54.1 Å². The van der Waals surface area contributed by atoms with Crippen LogP contribution >= 0.6 is 11.6 Å². The van der Waals surface area contributed by atoms with Crippen LogP contribution in [0.5, 0.6) is 0 Å². The Morgan fingerprint density at radius 2 is 1.72 bits per heavy atom. The van der Waals surface area contributed by atoms with E-state index in [1.807, 2.05) is 36.4 Å². The van der Waals surface area contributed by atoms with Crippen molar-refractivity contribution >= 4 is 34.0 Å². The van der Waals surface area contributed by atoms with Crippen LogP contribution in [0.4, 0.5) is 10.1 Å². The number of amides is 1. The molecule has 4 aromatic rings. The molecule has 144 valence electrons. The van der Waals surface area contributed by atoms with Crippen LogP contribution in [0, 0.1) is 5.82 Å². The Kier molecular flexibility index (Phi) is 5.14. The van der Waals surface area contributed by atoms with Crippen LogP contribution in [0.15, 0.2) is 83.8 Å². The highest BCUT2D eigenvalue weighted by molar-refractivity contribution is 6.31. The Bertz CT molecular complexity index is 1260. The van der Waals surface area contributed by atoms with Crippen molar-refractivity contribution in [1.29, 1.82) is 0 Å². The number of hydrogen-bond acceptors (Lipinski definition) is 2. The first-order valence-corrected chi connectivity index (χ1v) is 9.34. The summed E-state index contributed by atoms with van der Waals surface area (Å²) in [5.74, 6) is -1.03. The molecule has 4 rings (SSSR count). The van der Waals surface area contributed by atoms with E-state index in [0.29, 0.717) is 5.69 Å². The number of rotatable bonds is 4. The van der Waals surface area contributed by atoms with Crippen LogP contribution in [0.1, 0.15) is 15.9 Å². The number of carbonyl (C=O) groups excluding carboxylic acids is 1. The Balaban J connectivity index is 1.66. The maximum atomic E-state index is 14.1. The molecule has 1 amide bonds. The molecule has 0 unspecified atom stereocenters. The van der Waals surface area contributed by atoms with Crippen molar-refractivity contribution < 1.29 is 9.18 Å². The highest BCUT2D eigenvalue weighted by atomic mass is 35.5. The van der Waals surface area contributed by atoms with Crippen molar-refractivity contribution in [3.8, 4) is 0 Å². The van der Waals surface area contributed by atoms with Crippen LogP contribution in [-0.4, -0.2) is 10.5 Å². The van der Waals surface area contributed by atoms with Crippen molar-refractivity contribution in [2.75, 3.05) is 5.32 Å². The molecule has 1 N–H and O–H groups in total. The summed E-state index contributed by atoms with van der Waals surface area (Å²) in [6, 6.07) is 20.6. The molecule has 0 aliphatic carbocycles. The summed E-state index contributed by atoms with van der Waals surface area (Å²) in [4.78, 5) is 25.6. The number of nitrogens with zero attached hydrogens (tertiary/aromatic N) is 1. The predicted molar refractivity (Wildman–Crippen MR) is 113 cm³/mol. The zero-order valence-corrected chi connectivity index (χ0v) is 16.0. The molecule has 6 heteroatoms. The van der Waals surface area contributed by atoms with Gasteiger partial charge in [0.15, 0.2) is 0 Å². The molecule has 0 aliphatic rings. The van der Waals surface area contributed by atoms with E-state index in [-0.39, 0.29) is 22.7 Å².